The molecule has 0 aromatic heterocycles. The van der Waals surface area contributed by atoms with Crippen LogP contribution in [0.1, 0.15) is 84.6 Å². The van der Waals surface area contributed by atoms with Gasteiger partial charge < -0.3 is 20.0 Å². The third kappa shape index (κ3) is 5.86. The fourth-order valence-electron chi connectivity index (χ4n) is 9.02. The van der Waals surface area contributed by atoms with Crippen molar-refractivity contribution >= 4 is 23.4 Å². The van der Waals surface area contributed by atoms with Crippen molar-refractivity contribution in [3.63, 3.8) is 0 Å². The summed E-state index contributed by atoms with van der Waals surface area (Å²) >= 11 is 0. The fraction of sp³-hybridized carbons (Fsp3) is 0.647. The van der Waals surface area contributed by atoms with Gasteiger partial charge in [0.15, 0.2) is 6.61 Å². The zero-order valence-electron chi connectivity index (χ0n) is 25.5. The van der Waals surface area contributed by atoms with Crippen LogP contribution in [0.25, 0.3) is 0 Å². The number of hydrogen-bond acceptors (Lipinski definition) is 7. The summed E-state index contributed by atoms with van der Waals surface area (Å²) < 4.78 is 5.15. The van der Waals surface area contributed by atoms with Crippen LogP contribution in [-0.4, -0.2) is 47.7 Å². The van der Waals surface area contributed by atoms with Gasteiger partial charge in [0.25, 0.3) is 5.91 Å². The molecule has 4 aliphatic rings. The number of esters is 1. The van der Waals surface area contributed by atoms with Crippen molar-refractivity contribution in [1.29, 1.82) is 0 Å². The van der Waals surface area contributed by atoms with Gasteiger partial charge in [-0.25, -0.2) is 4.79 Å². The molecule has 8 heteroatoms. The quantitative estimate of drug-likeness (QED) is 0.295. The smallest absolute Gasteiger partial charge is 0.328 e. The number of phenols is 1. The van der Waals surface area contributed by atoms with Crippen molar-refractivity contribution in [3.8, 4) is 5.75 Å². The Morgan fingerprint density at radius 2 is 1.81 bits per heavy atom. The van der Waals surface area contributed by atoms with Gasteiger partial charge in [-0.15, -0.1) is 0 Å². The van der Waals surface area contributed by atoms with Gasteiger partial charge in [0.1, 0.15) is 17.6 Å². The highest BCUT2D eigenvalue weighted by molar-refractivity contribution is 5.96. The lowest BCUT2D eigenvalue weighted by Crippen LogP contribution is -2.51. The van der Waals surface area contributed by atoms with E-state index in [4.69, 9.17) is 9.57 Å². The second-order valence-electron chi connectivity index (χ2n) is 13.4. The predicted molar refractivity (Wildman–Crippen MR) is 160 cm³/mol. The van der Waals surface area contributed by atoms with E-state index in [0.29, 0.717) is 23.5 Å². The summed E-state index contributed by atoms with van der Waals surface area (Å²) in [5.74, 6) is 1.74. The maximum absolute atomic E-state index is 12.7. The monoisotopic (exact) mass is 578 g/mol. The lowest BCUT2D eigenvalue weighted by Gasteiger charge is -2.58. The molecule has 8 nitrogen and oxygen atoms in total. The van der Waals surface area contributed by atoms with Crippen molar-refractivity contribution in [2.24, 2.45) is 39.7 Å². The van der Waals surface area contributed by atoms with E-state index in [1.54, 1.807) is 38.1 Å². The molecule has 1 amide bonds. The van der Waals surface area contributed by atoms with Crippen LogP contribution in [0, 0.1) is 34.5 Å². The van der Waals surface area contributed by atoms with Crippen LogP contribution >= 0.6 is 0 Å². The van der Waals surface area contributed by atoms with Crippen LogP contribution in [0.5, 0.6) is 5.75 Å². The van der Waals surface area contributed by atoms with E-state index in [0.717, 1.165) is 43.4 Å². The van der Waals surface area contributed by atoms with Gasteiger partial charge in [-0.2, -0.15) is 0 Å². The Labute approximate surface area is 249 Å². The SMILES string of the molecule is CCOC(=O)[C@@H](Cc1ccc(O)cc1)NC(=O)CON=C1C=C2CC[C@H]3[C@H]4CC[C@H](C(C)=O)[C@]4(C)CC[C@@H]3[C@]2(C)CC1. The van der Waals surface area contributed by atoms with Gasteiger partial charge in [-0.3, -0.25) is 9.59 Å². The number of rotatable bonds is 9. The Bertz CT molecular complexity index is 1250. The first-order chi connectivity index (χ1) is 20.0. The first-order valence-corrected chi connectivity index (χ1v) is 15.7. The summed E-state index contributed by atoms with van der Waals surface area (Å²) in [6.45, 7) is 8.25. The van der Waals surface area contributed by atoms with Crippen molar-refractivity contribution in [2.45, 2.75) is 91.5 Å². The van der Waals surface area contributed by atoms with Crippen molar-refractivity contribution in [3.05, 3.63) is 41.5 Å². The summed E-state index contributed by atoms with van der Waals surface area (Å²) in [6.07, 6.45) is 11.0. The third-order valence-electron chi connectivity index (χ3n) is 11.1. The van der Waals surface area contributed by atoms with E-state index in [2.05, 4.69) is 30.4 Å². The van der Waals surface area contributed by atoms with Gasteiger partial charge >= 0.3 is 5.97 Å². The van der Waals surface area contributed by atoms with E-state index in [1.807, 2.05) is 0 Å². The number of oxime groups is 1. The summed E-state index contributed by atoms with van der Waals surface area (Å²) in [5.41, 5.74) is 3.40. The molecule has 3 fully saturated rings. The predicted octanol–water partition coefficient (Wildman–Crippen LogP) is 5.52. The first-order valence-electron chi connectivity index (χ1n) is 15.7. The maximum Gasteiger partial charge on any atom is 0.328 e. The van der Waals surface area contributed by atoms with Crippen LogP contribution in [-0.2, 0) is 30.4 Å². The highest BCUT2D eigenvalue weighted by Gasteiger charge is 2.59. The summed E-state index contributed by atoms with van der Waals surface area (Å²) in [4.78, 5) is 43.1. The number of amides is 1. The Balaban J connectivity index is 1.19. The Morgan fingerprint density at radius 1 is 1.05 bits per heavy atom. The molecule has 4 aliphatic carbocycles. The summed E-state index contributed by atoms with van der Waals surface area (Å²) in [6, 6.07) is 5.62. The Kier molecular flexibility index (Phi) is 8.81. The van der Waals surface area contributed by atoms with Crippen molar-refractivity contribution in [2.75, 3.05) is 13.2 Å². The molecule has 0 radical (unpaired) electrons. The molecule has 42 heavy (non-hydrogen) atoms. The molecule has 228 valence electrons. The second kappa shape index (κ2) is 12.2. The minimum atomic E-state index is -0.867. The van der Waals surface area contributed by atoms with Crippen LogP contribution in [0.4, 0.5) is 0 Å². The van der Waals surface area contributed by atoms with Gasteiger partial charge in [0.05, 0.1) is 12.3 Å². The van der Waals surface area contributed by atoms with Gasteiger partial charge in [0, 0.05) is 12.3 Å². The summed E-state index contributed by atoms with van der Waals surface area (Å²) in [7, 11) is 0. The van der Waals surface area contributed by atoms with E-state index in [-0.39, 0.29) is 42.1 Å². The molecule has 5 rings (SSSR count). The van der Waals surface area contributed by atoms with E-state index < -0.39 is 17.9 Å². The molecule has 0 saturated heterocycles. The topological polar surface area (TPSA) is 114 Å². The molecule has 0 unspecified atom stereocenters. The molecular weight excluding hydrogens is 532 g/mol. The van der Waals surface area contributed by atoms with E-state index in [1.165, 1.54) is 24.8 Å². The average Bonchev–Trinajstić information content (AvgIpc) is 3.31. The Hall–Kier alpha value is -3.16. The van der Waals surface area contributed by atoms with Gasteiger partial charge in [-0.1, -0.05) is 36.7 Å². The first kappa shape index (κ1) is 30.3. The number of ether oxygens (including phenoxy) is 1. The molecular formula is C34H46N2O6. The number of carbonyl (C=O) groups excluding carboxylic acids is 3. The molecule has 0 heterocycles. The number of fused-ring (bicyclic) bond motifs is 5. The molecule has 0 bridgehead atoms. The maximum atomic E-state index is 12.7. The van der Waals surface area contributed by atoms with Crippen LogP contribution < -0.4 is 5.32 Å². The van der Waals surface area contributed by atoms with Crippen molar-refractivity contribution < 1.29 is 29.1 Å². The number of allylic oxidation sites excluding steroid dienone is 2. The molecule has 3 saturated carbocycles. The zero-order chi connectivity index (χ0) is 30.1. The minimum absolute atomic E-state index is 0.132. The molecule has 1 aromatic carbocycles. The van der Waals surface area contributed by atoms with E-state index in [9.17, 15) is 19.5 Å². The molecule has 2 N–H and O–H groups in total. The van der Waals surface area contributed by atoms with Crippen LogP contribution in [0.2, 0.25) is 0 Å². The zero-order valence-corrected chi connectivity index (χ0v) is 25.5. The summed E-state index contributed by atoms with van der Waals surface area (Å²) in [5, 5.41) is 16.6. The number of Topliss-reactive ketones (excluding diaryl/α,β-unsaturated/α-hetero) is 1. The molecule has 0 aliphatic heterocycles. The van der Waals surface area contributed by atoms with Gasteiger partial charge in [-0.05, 0) is 118 Å². The van der Waals surface area contributed by atoms with E-state index >= 15 is 0 Å². The molecule has 0 spiro atoms. The number of nitrogens with one attached hydrogen (secondary N) is 1. The number of aromatic hydroxyl groups is 1. The number of carbonyl (C=O) groups is 3. The Morgan fingerprint density at radius 3 is 2.52 bits per heavy atom. The number of hydrogen-bond donors (Lipinski definition) is 2. The lowest BCUT2D eigenvalue weighted by atomic mass is 9.46. The highest BCUT2D eigenvalue weighted by atomic mass is 16.6. The number of ketones is 1. The standard InChI is InChI=1S/C34H46N2O6/c1-5-41-32(40)30(18-22-6-9-25(38)10-7-22)35-31(39)20-42-36-24-14-16-33(3)23(19-24)8-11-26-28-13-12-27(21(2)37)34(28,4)17-15-29(26)33/h6-7,9-10,19,26-30,38H,5,8,11-18,20H2,1-4H3,(H,35,39)/t26-,27+,28+,29-,30+,33+,34-/m0/s1. The largest absolute Gasteiger partial charge is 0.508 e. The molecule has 7 atom stereocenters. The van der Waals surface area contributed by atoms with Crippen LogP contribution in [0.15, 0.2) is 41.1 Å². The normalized spacial score (nSPS) is 33.4. The lowest BCUT2D eigenvalue weighted by molar-refractivity contribution is -0.147. The average molecular weight is 579 g/mol. The number of benzene rings is 1. The number of nitrogens with zero attached hydrogens (tertiary/aromatic N) is 1. The number of phenolic OH excluding ortho intramolecular Hbond substituents is 1. The second-order valence-corrected chi connectivity index (χ2v) is 13.4. The minimum Gasteiger partial charge on any atom is -0.508 e. The highest BCUT2D eigenvalue weighted by Crippen LogP contribution is 2.66. The fourth-order valence-corrected chi connectivity index (χ4v) is 9.02. The third-order valence-corrected chi connectivity index (χ3v) is 11.1. The molecule has 1 aromatic rings. The van der Waals surface area contributed by atoms with Gasteiger partial charge in [0.2, 0.25) is 0 Å². The van der Waals surface area contributed by atoms with Crippen LogP contribution in [0.3, 0.4) is 0 Å². The van der Waals surface area contributed by atoms with Crippen molar-refractivity contribution in [1.82, 2.24) is 5.32 Å².